The van der Waals surface area contributed by atoms with Crippen LogP contribution in [0.4, 0.5) is 0 Å². The highest BCUT2D eigenvalue weighted by atomic mass is 16.5. The van der Waals surface area contributed by atoms with Crippen LogP contribution in [0, 0.1) is 0 Å². The predicted octanol–water partition coefficient (Wildman–Crippen LogP) is 9.55. The van der Waals surface area contributed by atoms with Crippen LogP contribution in [-0.2, 0) is 16.0 Å². The molecule has 2 aromatic carbocycles. The number of aromatic hydroxyl groups is 2. The van der Waals surface area contributed by atoms with Gasteiger partial charge in [-0.15, -0.1) is 0 Å². The highest BCUT2D eigenvalue weighted by Crippen LogP contribution is 2.41. The van der Waals surface area contributed by atoms with Gasteiger partial charge in [0.05, 0.1) is 13.5 Å². The van der Waals surface area contributed by atoms with Crippen molar-refractivity contribution in [2.45, 2.75) is 117 Å². The molecule has 0 amide bonds. The minimum absolute atomic E-state index is 0. The molecule has 2 rings (SSSR count). The number of rotatable bonds is 21. The highest BCUT2D eigenvalue weighted by Gasteiger charge is 2.33. The van der Waals surface area contributed by atoms with Gasteiger partial charge < -0.3 is 25.8 Å². The monoisotopic (exact) mass is 609 g/mol. The van der Waals surface area contributed by atoms with E-state index in [0.717, 1.165) is 88.2 Å². The van der Waals surface area contributed by atoms with Crippen molar-refractivity contribution < 1.29 is 29.3 Å². The minimum atomic E-state index is -0.334. The summed E-state index contributed by atoms with van der Waals surface area (Å²) in [4.78, 5) is 25.3. The van der Waals surface area contributed by atoms with Crippen LogP contribution in [0.5, 0.6) is 23.0 Å². The largest absolute Gasteiger partial charge is 0.504 e. The van der Waals surface area contributed by atoms with E-state index in [1.165, 1.54) is 25.3 Å². The molecule has 5 N–H and O–H groups in total. The van der Waals surface area contributed by atoms with Crippen molar-refractivity contribution in [2.75, 3.05) is 7.11 Å². The zero-order chi connectivity index (χ0) is 31.7. The Morgan fingerprint density at radius 2 is 1.32 bits per heavy atom. The van der Waals surface area contributed by atoms with Gasteiger partial charge in [0.2, 0.25) is 0 Å². The van der Waals surface area contributed by atoms with Crippen molar-refractivity contribution in [3.63, 3.8) is 0 Å². The van der Waals surface area contributed by atoms with Gasteiger partial charge in [-0.2, -0.15) is 0 Å². The van der Waals surface area contributed by atoms with Crippen molar-refractivity contribution in [2.24, 2.45) is 0 Å². The van der Waals surface area contributed by atoms with Gasteiger partial charge in [-0.25, -0.2) is 0 Å². The summed E-state index contributed by atoms with van der Waals surface area (Å²) in [5.41, 5.74) is 2.08. The van der Waals surface area contributed by atoms with Crippen LogP contribution in [0.15, 0.2) is 42.5 Å². The zero-order valence-electron chi connectivity index (χ0n) is 27.6. The van der Waals surface area contributed by atoms with Gasteiger partial charge in [-0.05, 0) is 92.8 Å². The Morgan fingerprint density at radius 3 is 1.86 bits per heavy atom. The number of hydrogen-bond acceptors (Lipinski definition) is 7. The molecule has 0 bridgehead atoms. The second-order valence-corrected chi connectivity index (χ2v) is 11.4. The number of phenolic OH excluding ortho intramolecular Hbond substituents is 2. The molecular weight excluding hydrogens is 554 g/mol. The first-order valence-corrected chi connectivity index (χ1v) is 16.0. The van der Waals surface area contributed by atoms with E-state index >= 15 is 0 Å². The third kappa shape index (κ3) is 12.2. The van der Waals surface area contributed by atoms with E-state index in [1.54, 1.807) is 30.4 Å². The summed E-state index contributed by atoms with van der Waals surface area (Å²) in [5.74, 6) is 0.363. The maximum absolute atomic E-state index is 12.8. The summed E-state index contributed by atoms with van der Waals surface area (Å²) in [6, 6.07) is 8.24. The Kier molecular flexibility index (Phi) is 17.8. The molecule has 0 saturated carbocycles. The van der Waals surface area contributed by atoms with E-state index in [1.807, 2.05) is 6.07 Å². The van der Waals surface area contributed by atoms with E-state index in [9.17, 15) is 19.8 Å². The third-order valence-electron chi connectivity index (χ3n) is 7.80. The quantitative estimate of drug-likeness (QED) is 0.0949. The Labute approximate surface area is 265 Å². The van der Waals surface area contributed by atoms with E-state index in [-0.39, 0.29) is 41.2 Å². The maximum atomic E-state index is 12.8. The van der Waals surface area contributed by atoms with Gasteiger partial charge in [-0.3, -0.25) is 9.59 Å². The van der Waals surface area contributed by atoms with E-state index in [0.29, 0.717) is 17.1 Å². The number of carbonyl (C=O) groups is 2. The van der Waals surface area contributed by atoms with Crippen molar-refractivity contribution >= 4 is 23.7 Å². The Balaban J connectivity index is 0.00000968. The van der Waals surface area contributed by atoms with Gasteiger partial charge in [-0.1, -0.05) is 77.7 Å². The molecule has 44 heavy (non-hydrogen) atoms. The standard InChI is InChI=1S/C37H52O6.H3N/c1-6-10-14-32-29(17-20-31(39)27-30(38)19-15-28-16-21-33(40)35(26-28)42-5)18-22-34(41)36(32)43-37(23-11-7-2,24-12-8-3)25-13-9-4;/h15-22,26,40-41H,6-14,23-25,27H2,1-5H3;1H3/b19-15+,20-17+;. The van der Waals surface area contributed by atoms with Crippen molar-refractivity contribution in [1.82, 2.24) is 6.15 Å². The number of benzene rings is 2. The summed E-state index contributed by atoms with van der Waals surface area (Å²) in [6.07, 6.45) is 17.8. The number of ether oxygens (including phenoxy) is 2. The lowest BCUT2D eigenvalue weighted by molar-refractivity contribution is -0.121. The van der Waals surface area contributed by atoms with Crippen molar-refractivity contribution in [1.29, 1.82) is 0 Å². The molecule has 0 spiro atoms. The lowest BCUT2D eigenvalue weighted by Crippen LogP contribution is -2.36. The molecule has 7 nitrogen and oxygen atoms in total. The Bertz CT molecular complexity index is 1210. The first kappa shape index (κ1) is 38.4. The Hall–Kier alpha value is -3.58. The molecule has 0 radical (unpaired) electrons. The molecule has 0 unspecified atom stereocenters. The molecule has 244 valence electrons. The normalized spacial score (nSPS) is 11.6. The summed E-state index contributed by atoms with van der Waals surface area (Å²) in [5, 5.41) is 20.8. The molecule has 0 atom stereocenters. The highest BCUT2D eigenvalue weighted by molar-refractivity contribution is 6.11. The van der Waals surface area contributed by atoms with Crippen LogP contribution in [0.25, 0.3) is 12.2 Å². The molecule has 0 fully saturated rings. The summed E-state index contributed by atoms with van der Waals surface area (Å²) in [7, 11) is 1.46. The van der Waals surface area contributed by atoms with E-state index in [4.69, 9.17) is 9.47 Å². The van der Waals surface area contributed by atoms with Crippen molar-refractivity contribution in [3.8, 4) is 23.0 Å². The fraction of sp³-hybridized carbons (Fsp3) is 0.514. The molecule has 0 aliphatic rings. The van der Waals surface area contributed by atoms with Crippen LogP contribution >= 0.6 is 0 Å². The molecule has 0 saturated heterocycles. The first-order valence-electron chi connectivity index (χ1n) is 16.0. The number of methoxy groups -OCH3 is 1. The third-order valence-corrected chi connectivity index (χ3v) is 7.80. The topological polar surface area (TPSA) is 128 Å². The average Bonchev–Trinajstić information content (AvgIpc) is 3.00. The molecule has 0 aromatic heterocycles. The second-order valence-electron chi connectivity index (χ2n) is 11.4. The number of ketones is 2. The molecule has 0 heterocycles. The predicted molar refractivity (Wildman–Crippen MR) is 181 cm³/mol. The summed E-state index contributed by atoms with van der Waals surface area (Å²) in [6.45, 7) is 8.72. The van der Waals surface area contributed by atoms with Crippen LogP contribution in [-0.4, -0.2) is 34.5 Å². The first-order chi connectivity index (χ1) is 20.7. The van der Waals surface area contributed by atoms with Gasteiger partial charge >= 0.3 is 0 Å². The van der Waals surface area contributed by atoms with Gasteiger partial charge in [0, 0.05) is 5.56 Å². The second kappa shape index (κ2) is 20.4. The maximum Gasteiger partial charge on any atom is 0.165 e. The number of phenols is 2. The van der Waals surface area contributed by atoms with Crippen molar-refractivity contribution in [3.05, 3.63) is 59.2 Å². The molecule has 0 aliphatic carbocycles. The van der Waals surface area contributed by atoms with Crippen LogP contribution in [0.3, 0.4) is 0 Å². The van der Waals surface area contributed by atoms with Crippen LogP contribution in [0.1, 0.15) is 121 Å². The molecular formula is C37H55NO6. The van der Waals surface area contributed by atoms with Gasteiger partial charge in [0.1, 0.15) is 5.60 Å². The Morgan fingerprint density at radius 1 is 0.773 bits per heavy atom. The lowest BCUT2D eigenvalue weighted by Gasteiger charge is -2.36. The number of carbonyl (C=O) groups excluding carboxylic acids is 2. The van der Waals surface area contributed by atoms with Gasteiger partial charge in [0.15, 0.2) is 34.6 Å². The van der Waals surface area contributed by atoms with Gasteiger partial charge in [0.25, 0.3) is 0 Å². The molecule has 7 heteroatoms. The molecule has 0 aliphatic heterocycles. The minimum Gasteiger partial charge on any atom is -0.504 e. The SMILES string of the molecule is CCCCc1c(/C=C/C(=O)CC(=O)/C=C/c2ccc(O)c(OC)c2)ccc(O)c1OC(CCCC)(CCCC)CCCC.N. The molecule has 2 aromatic rings. The number of allylic oxidation sites excluding steroid dienone is 2. The van der Waals surface area contributed by atoms with Crippen LogP contribution in [0.2, 0.25) is 0 Å². The average molecular weight is 610 g/mol. The zero-order valence-corrected chi connectivity index (χ0v) is 27.6. The lowest BCUT2D eigenvalue weighted by atomic mass is 9.85. The fourth-order valence-electron chi connectivity index (χ4n) is 5.21. The van der Waals surface area contributed by atoms with Crippen LogP contribution < -0.4 is 15.6 Å². The fourth-order valence-corrected chi connectivity index (χ4v) is 5.21. The van der Waals surface area contributed by atoms with E-state index in [2.05, 4.69) is 27.7 Å². The summed E-state index contributed by atoms with van der Waals surface area (Å²) >= 11 is 0. The van der Waals surface area contributed by atoms with E-state index < -0.39 is 0 Å². The number of unbranched alkanes of at least 4 members (excludes halogenated alkanes) is 4. The number of hydrogen-bond donors (Lipinski definition) is 3. The smallest absolute Gasteiger partial charge is 0.165 e. The summed E-state index contributed by atoms with van der Waals surface area (Å²) < 4.78 is 12.0.